The number of hydrogen-bond donors (Lipinski definition) is 1. The zero-order chi connectivity index (χ0) is 13.9. The lowest BCUT2D eigenvalue weighted by Gasteiger charge is -2.24. The molecule has 0 saturated carbocycles. The second kappa shape index (κ2) is 6.02. The first-order chi connectivity index (χ1) is 9.70. The molecule has 20 heavy (non-hydrogen) atoms. The number of fused-ring (bicyclic) bond motifs is 2. The number of likely N-dealkylation sites (tertiary alicyclic amines) is 1. The van der Waals surface area contributed by atoms with E-state index in [2.05, 4.69) is 5.32 Å². The number of amides is 1. The van der Waals surface area contributed by atoms with E-state index >= 15 is 0 Å². The fourth-order valence-electron chi connectivity index (χ4n) is 2.96. The molecule has 1 N–H and O–H groups in total. The van der Waals surface area contributed by atoms with Gasteiger partial charge in [-0.3, -0.25) is 4.79 Å². The molecule has 2 saturated heterocycles. The van der Waals surface area contributed by atoms with Gasteiger partial charge in [0.1, 0.15) is 5.75 Å². The summed E-state index contributed by atoms with van der Waals surface area (Å²) < 4.78 is 5.53. The summed E-state index contributed by atoms with van der Waals surface area (Å²) in [6.07, 6.45) is 3.45. The Kier molecular flexibility index (Phi) is 4.13. The first-order valence-electron chi connectivity index (χ1n) is 7.13. The molecule has 2 aliphatic rings. The fraction of sp³-hybridized carbons (Fsp3) is 0.533. The molecule has 4 nitrogen and oxygen atoms in total. The largest absolute Gasteiger partial charge is 0.484 e. The van der Waals surface area contributed by atoms with Crippen LogP contribution in [0, 0.1) is 0 Å². The summed E-state index contributed by atoms with van der Waals surface area (Å²) in [6.45, 7) is 1.71. The molecular formula is C15H19ClN2O2. The Labute approximate surface area is 124 Å². The van der Waals surface area contributed by atoms with E-state index in [1.165, 1.54) is 12.8 Å². The zero-order valence-corrected chi connectivity index (χ0v) is 12.1. The molecule has 2 unspecified atom stereocenters. The molecule has 1 aromatic carbocycles. The predicted octanol–water partition coefficient (Wildman–Crippen LogP) is 2.07. The Morgan fingerprint density at radius 3 is 3.05 bits per heavy atom. The fourth-order valence-corrected chi connectivity index (χ4v) is 3.14. The molecule has 5 heteroatoms. The summed E-state index contributed by atoms with van der Waals surface area (Å²) in [6, 6.07) is 8.18. The first-order valence-corrected chi connectivity index (χ1v) is 7.51. The van der Waals surface area contributed by atoms with Crippen molar-refractivity contribution in [2.24, 2.45) is 0 Å². The minimum Gasteiger partial charge on any atom is -0.484 e. The minimum atomic E-state index is 0.0549. The third-order valence-electron chi connectivity index (χ3n) is 4.03. The summed E-state index contributed by atoms with van der Waals surface area (Å²) in [5, 5.41) is 4.18. The van der Waals surface area contributed by atoms with Crippen molar-refractivity contribution in [2.45, 2.75) is 31.3 Å². The van der Waals surface area contributed by atoms with E-state index in [9.17, 15) is 4.79 Å². The van der Waals surface area contributed by atoms with Crippen molar-refractivity contribution in [1.82, 2.24) is 10.2 Å². The van der Waals surface area contributed by atoms with Crippen LogP contribution in [0.5, 0.6) is 5.75 Å². The van der Waals surface area contributed by atoms with Crippen LogP contribution in [0.15, 0.2) is 24.3 Å². The molecule has 2 heterocycles. The number of hydrogen-bond acceptors (Lipinski definition) is 3. The molecule has 0 radical (unpaired) electrons. The van der Waals surface area contributed by atoms with E-state index in [-0.39, 0.29) is 12.5 Å². The van der Waals surface area contributed by atoms with Gasteiger partial charge in [-0.1, -0.05) is 17.7 Å². The number of rotatable bonds is 3. The van der Waals surface area contributed by atoms with Gasteiger partial charge in [-0.05, 0) is 37.5 Å². The molecule has 2 bridgehead atoms. The molecular weight excluding hydrogens is 276 g/mol. The maximum Gasteiger partial charge on any atom is 0.260 e. The van der Waals surface area contributed by atoms with Gasteiger partial charge in [-0.25, -0.2) is 0 Å². The quantitative estimate of drug-likeness (QED) is 0.928. The van der Waals surface area contributed by atoms with Crippen LogP contribution in [0.3, 0.4) is 0 Å². The van der Waals surface area contributed by atoms with Gasteiger partial charge in [0.15, 0.2) is 6.61 Å². The van der Waals surface area contributed by atoms with E-state index in [1.807, 2.05) is 17.0 Å². The average molecular weight is 295 g/mol. The summed E-state index contributed by atoms with van der Waals surface area (Å²) in [5.74, 6) is 0.694. The smallest absolute Gasteiger partial charge is 0.260 e. The molecule has 108 valence electrons. The molecule has 3 rings (SSSR count). The highest BCUT2D eigenvalue weighted by molar-refractivity contribution is 6.30. The maximum absolute atomic E-state index is 12.2. The lowest BCUT2D eigenvalue weighted by Crippen LogP contribution is -2.41. The van der Waals surface area contributed by atoms with Gasteiger partial charge < -0.3 is 15.0 Å². The second-order valence-corrected chi connectivity index (χ2v) is 5.95. The van der Waals surface area contributed by atoms with Crippen LogP contribution < -0.4 is 10.1 Å². The Morgan fingerprint density at radius 2 is 2.20 bits per heavy atom. The number of carbonyl (C=O) groups is 1. The van der Waals surface area contributed by atoms with E-state index < -0.39 is 0 Å². The van der Waals surface area contributed by atoms with E-state index in [4.69, 9.17) is 16.3 Å². The Morgan fingerprint density at radius 1 is 1.35 bits per heavy atom. The topological polar surface area (TPSA) is 41.6 Å². The molecule has 2 aliphatic heterocycles. The number of ether oxygens (including phenoxy) is 1. The number of carbonyl (C=O) groups excluding carboxylic acids is 1. The molecule has 0 aliphatic carbocycles. The number of benzene rings is 1. The molecule has 2 fully saturated rings. The van der Waals surface area contributed by atoms with Gasteiger partial charge in [0, 0.05) is 30.2 Å². The molecule has 0 spiro atoms. The maximum atomic E-state index is 12.2. The normalized spacial score (nSPS) is 25.4. The highest BCUT2D eigenvalue weighted by Gasteiger charge is 2.31. The van der Waals surface area contributed by atoms with Crippen molar-refractivity contribution in [3.8, 4) is 5.75 Å². The van der Waals surface area contributed by atoms with Crippen LogP contribution in [0.4, 0.5) is 0 Å². The monoisotopic (exact) mass is 294 g/mol. The molecule has 1 amide bonds. The van der Waals surface area contributed by atoms with Gasteiger partial charge in [0.2, 0.25) is 0 Å². The van der Waals surface area contributed by atoms with Crippen molar-refractivity contribution >= 4 is 17.5 Å². The lowest BCUT2D eigenvalue weighted by atomic mass is 10.1. The van der Waals surface area contributed by atoms with Crippen LogP contribution in [-0.4, -0.2) is 42.6 Å². The van der Waals surface area contributed by atoms with Crippen molar-refractivity contribution in [1.29, 1.82) is 0 Å². The van der Waals surface area contributed by atoms with Gasteiger partial charge in [-0.2, -0.15) is 0 Å². The third kappa shape index (κ3) is 3.25. The van der Waals surface area contributed by atoms with Crippen molar-refractivity contribution < 1.29 is 9.53 Å². The first kappa shape index (κ1) is 13.7. The SMILES string of the molecule is O=C(COc1cccc(Cl)c1)N1CCC2CCC(C1)N2. The summed E-state index contributed by atoms with van der Waals surface area (Å²) in [4.78, 5) is 14.1. The highest BCUT2D eigenvalue weighted by atomic mass is 35.5. The number of halogens is 1. The van der Waals surface area contributed by atoms with Crippen LogP contribution in [0.25, 0.3) is 0 Å². The molecule has 2 atom stereocenters. The molecule has 1 aromatic rings. The van der Waals surface area contributed by atoms with Crippen LogP contribution >= 0.6 is 11.6 Å². The minimum absolute atomic E-state index is 0.0549. The summed E-state index contributed by atoms with van der Waals surface area (Å²) >= 11 is 5.89. The van der Waals surface area contributed by atoms with Gasteiger partial charge in [-0.15, -0.1) is 0 Å². The van der Waals surface area contributed by atoms with Crippen molar-refractivity contribution in [3.63, 3.8) is 0 Å². The van der Waals surface area contributed by atoms with Gasteiger partial charge >= 0.3 is 0 Å². The number of nitrogens with zero attached hydrogens (tertiary/aromatic N) is 1. The standard InChI is InChI=1S/C15H19ClN2O2/c16-11-2-1-3-14(8-11)20-10-15(19)18-7-6-12-4-5-13(9-18)17-12/h1-3,8,12-13,17H,4-7,9-10H2. The highest BCUT2D eigenvalue weighted by Crippen LogP contribution is 2.21. The van der Waals surface area contributed by atoms with Crippen LogP contribution in [0.2, 0.25) is 5.02 Å². The van der Waals surface area contributed by atoms with Crippen LogP contribution in [-0.2, 0) is 4.79 Å². The van der Waals surface area contributed by atoms with E-state index in [0.29, 0.717) is 22.9 Å². The van der Waals surface area contributed by atoms with Crippen molar-refractivity contribution in [3.05, 3.63) is 29.3 Å². The average Bonchev–Trinajstić information content (AvgIpc) is 2.76. The molecule has 0 aromatic heterocycles. The van der Waals surface area contributed by atoms with Crippen LogP contribution in [0.1, 0.15) is 19.3 Å². The lowest BCUT2D eigenvalue weighted by molar-refractivity contribution is -0.133. The van der Waals surface area contributed by atoms with Gasteiger partial charge in [0.25, 0.3) is 5.91 Å². The zero-order valence-electron chi connectivity index (χ0n) is 11.3. The Balaban J connectivity index is 1.54. The predicted molar refractivity (Wildman–Crippen MR) is 78.1 cm³/mol. The Bertz CT molecular complexity index is 495. The second-order valence-electron chi connectivity index (χ2n) is 5.51. The Hall–Kier alpha value is -1.26. The van der Waals surface area contributed by atoms with E-state index in [0.717, 1.165) is 19.5 Å². The van der Waals surface area contributed by atoms with Gasteiger partial charge in [0.05, 0.1) is 0 Å². The van der Waals surface area contributed by atoms with E-state index in [1.54, 1.807) is 12.1 Å². The number of nitrogens with one attached hydrogen (secondary N) is 1. The third-order valence-corrected chi connectivity index (χ3v) is 4.27. The van der Waals surface area contributed by atoms with Crippen molar-refractivity contribution in [2.75, 3.05) is 19.7 Å². The summed E-state index contributed by atoms with van der Waals surface area (Å²) in [7, 11) is 0. The summed E-state index contributed by atoms with van der Waals surface area (Å²) in [5.41, 5.74) is 0.